The van der Waals surface area contributed by atoms with Crippen molar-refractivity contribution in [3.05, 3.63) is 0 Å². The van der Waals surface area contributed by atoms with Crippen LogP contribution in [0.15, 0.2) is 0 Å². The molecule has 0 radical (unpaired) electrons. The molecule has 0 unspecified atom stereocenters. The second kappa shape index (κ2) is 7.41. The molecule has 0 aromatic rings. The molecule has 9 heteroatoms. The highest BCUT2D eigenvalue weighted by Gasteiger charge is 2.35. The standard InChI is InChI=1S/C8H10Cl2O7/c9-3-14-7(11)16-5-1-13-2-6(5)17-8(12)15-4-10/h5-6H,1-4H2/t5-,6+. The third-order valence-corrected chi connectivity index (χ3v) is 2.04. The predicted molar refractivity (Wildman–Crippen MR) is 55.0 cm³/mol. The number of rotatable bonds is 4. The van der Waals surface area contributed by atoms with Gasteiger partial charge in [0.15, 0.2) is 24.3 Å². The summed E-state index contributed by atoms with van der Waals surface area (Å²) < 4.78 is 23.3. The Morgan fingerprint density at radius 3 is 1.76 bits per heavy atom. The Hall–Kier alpha value is -0.920. The molecule has 0 bridgehead atoms. The average molecular weight is 289 g/mol. The highest BCUT2D eigenvalue weighted by atomic mass is 35.5. The van der Waals surface area contributed by atoms with Gasteiger partial charge >= 0.3 is 12.3 Å². The van der Waals surface area contributed by atoms with Crippen LogP contribution in [0, 0.1) is 0 Å². The first-order valence-corrected chi connectivity index (χ1v) is 5.60. The maximum Gasteiger partial charge on any atom is 0.509 e. The summed E-state index contributed by atoms with van der Waals surface area (Å²) in [6.45, 7) is 0.187. The fourth-order valence-corrected chi connectivity index (χ4v) is 1.32. The molecule has 2 atom stereocenters. The summed E-state index contributed by atoms with van der Waals surface area (Å²) in [5, 5.41) is 0. The molecular weight excluding hydrogens is 279 g/mol. The number of hydrogen-bond acceptors (Lipinski definition) is 7. The number of alkyl halides is 2. The Kier molecular flexibility index (Phi) is 6.17. The molecule has 0 spiro atoms. The van der Waals surface area contributed by atoms with Gasteiger partial charge in [-0.15, -0.1) is 0 Å². The molecule has 1 aliphatic heterocycles. The van der Waals surface area contributed by atoms with Crippen LogP contribution in [0.25, 0.3) is 0 Å². The van der Waals surface area contributed by atoms with Crippen LogP contribution in [0.1, 0.15) is 0 Å². The monoisotopic (exact) mass is 288 g/mol. The van der Waals surface area contributed by atoms with E-state index in [4.69, 9.17) is 37.4 Å². The fraction of sp³-hybridized carbons (Fsp3) is 0.750. The molecule has 0 aromatic carbocycles. The van der Waals surface area contributed by atoms with Crippen molar-refractivity contribution in [3.63, 3.8) is 0 Å². The van der Waals surface area contributed by atoms with Crippen LogP contribution >= 0.6 is 23.2 Å². The van der Waals surface area contributed by atoms with E-state index in [0.717, 1.165) is 0 Å². The molecule has 7 nitrogen and oxygen atoms in total. The van der Waals surface area contributed by atoms with E-state index in [1.807, 2.05) is 0 Å². The Morgan fingerprint density at radius 1 is 1.00 bits per heavy atom. The van der Waals surface area contributed by atoms with E-state index < -0.39 is 24.5 Å². The van der Waals surface area contributed by atoms with Gasteiger partial charge in [0.2, 0.25) is 0 Å². The summed E-state index contributed by atoms with van der Waals surface area (Å²) in [7, 11) is 0. The molecule has 1 heterocycles. The second-order valence-electron chi connectivity index (χ2n) is 2.86. The van der Waals surface area contributed by atoms with E-state index in [0.29, 0.717) is 0 Å². The summed E-state index contributed by atoms with van der Waals surface area (Å²) in [5.74, 6) is 0. The fourth-order valence-electron chi connectivity index (χ4n) is 1.14. The first-order valence-electron chi connectivity index (χ1n) is 4.54. The molecule has 0 saturated carbocycles. The van der Waals surface area contributed by atoms with Gasteiger partial charge in [-0.1, -0.05) is 23.2 Å². The average Bonchev–Trinajstić information content (AvgIpc) is 2.66. The maximum absolute atomic E-state index is 11.0. The summed E-state index contributed by atoms with van der Waals surface area (Å²) in [5.41, 5.74) is 0. The van der Waals surface area contributed by atoms with E-state index in [2.05, 4.69) is 9.47 Å². The quantitative estimate of drug-likeness (QED) is 0.572. The molecule has 0 amide bonds. The Bertz CT molecular complexity index is 247. The van der Waals surface area contributed by atoms with Crippen LogP contribution in [0.4, 0.5) is 9.59 Å². The number of carbonyl (C=O) groups excluding carboxylic acids is 2. The van der Waals surface area contributed by atoms with Crippen molar-refractivity contribution < 1.29 is 33.3 Å². The van der Waals surface area contributed by atoms with Gasteiger partial charge in [0, 0.05) is 0 Å². The van der Waals surface area contributed by atoms with Crippen LogP contribution in [-0.4, -0.2) is 49.9 Å². The highest BCUT2D eigenvalue weighted by molar-refractivity contribution is 6.17. The minimum atomic E-state index is -0.963. The molecule has 1 saturated heterocycles. The lowest BCUT2D eigenvalue weighted by Gasteiger charge is -2.17. The molecule has 1 fully saturated rings. The Balaban J connectivity index is 2.38. The van der Waals surface area contributed by atoms with Crippen molar-refractivity contribution in [3.8, 4) is 0 Å². The van der Waals surface area contributed by atoms with Gasteiger partial charge in [0.1, 0.15) is 0 Å². The highest BCUT2D eigenvalue weighted by Crippen LogP contribution is 2.15. The maximum atomic E-state index is 11.0. The number of carbonyl (C=O) groups is 2. The van der Waals surface area contributed by atoms with Crippen molar-refractivity contribution in [2.24, 2.45) is 0 Å². The number of ether oxygens (including phenoxy) is 5. The smallest absolute Gasteiger partial charge is 0.424 e. The molecule has 17 heavy (non-hydrogen) atoms. The zero-order chi connectivity index (χ0) is 12.7. The lowest BCUT2D eigenvalue weighted by Crippen LogP contribution is -2.34. The third-order valence-electron chi connectivity index (χ3n) is 1.82. The summed E-state index contributed by atoms with van der Waals surface area (Å²) in [6, 6.07) is -0.654. The molecule has 1 rings (SSSR count). The molecular formula is C8H10Cl2O7. The summed E-state index contributed by atoms with van der Waals surface area (Å²) >= 11 is 10.3. The first kappa shape index (κ1) is 14.1. The van der Waals surface area contributed by atoms with Crippen LogP contribution in [-0.2, 0) is 23.7 Å². The minimum Gasteiger partial charge on any atom is -0.424 e. The summed E-state index contributed by atoms with van der Waals surface area (Å²) in [6.07, 6.45) is -3.44. The lowest BCUT2D eigenvalue weighted by atomic mass is 10.2. The SMILES string of the molecule is O=C(OCCl)O[C@H]1COC[C@H]1OC(=O)OCCl. The van der Waals surface area contributed by atoms with Crippen molar-refractivity contribution in [2.45, 2.75) is 12.2 Å². The van der Waals surface area contributed by atoms with Crippen LogP contribution in [0.5, 0.6) is 0 Å². The zero-order valence-electron chi connectivity index (χ0n) is 8.60. The Labute approximate surface area is 107 Å². The lowest BCUT2D eigenvalue weighted by molar-refractivity contribution is -0.0301. The van der Waals surface area contributed by atoms with Crippen molar-refractivity contribution in [1.29, 1.82) is 0 Å². The van der Waals surface area contributed by atoms with Crippen molar-refractivity contribution in [1.82, 2.24) is 0 Å². The molecule has 0 aromatic heterocycles. The normalized spacial score (nSPS) is 22.9. The Morgan fingerprint density at radius 2 is 1.41 bits per heavy atom. The van der Waals surface area contributed by atoms with E-state index in [1.54, 1.807) is 0 Å². The van der Waals surface area contributed by atoms with Crippen LogP contribution in [0.3, 0.4) is 0 Å². The minimum absolute atomic E-state index is 0.0935. The predicted octanol–water partition coefficient (Wildman–Crippen LogP) is 1.45. The largest absolute Gasteiger partial charge is 0.509 e. The van der Waals surface area contributed by atoms with E-state index in [1.165, 1.54) is 0 Å². The second-order valence-corrected chi connectivity index (χ2v) is 3.29. The summed E-state index contributed by atoms with van der Waals surface area (Å²) in [4.78, 5) is 22.0. The number of hydrogen-bond donors (Lipinski definition) is 0. The van der Waals surface area contributed by atoms with Gasteiger partial charge in [-0.3, -0.25) is 0 Å². The van der Waals surface area contributed by atoms with Crippen molar-refractivity contribution in [2.75, 3.05) is 25.3 Å². The van der Waals surface area contributed by atoms with Gasteiger partial charge in [-0.2, -0.15) is 0 Å². The first-order chi connectivity index (χ1) is 8.17. The van der Waals surface area contributed by atoms with Crippen LogP contribution in [0.2, 0.25) is 0 Å². The van der Waals surface area contributed by atoms with Gasteiger partial charge in [0.25, 0.3) is 0 Å². The zero-order valence-corrected chi connectivity index (χ0v) is 10.1. The van der Waals surface area contributed by atoms with Gasteiger partial charge in [0.05, 0.1) is 13.2 Å². The third kappa shape index (κ3) is 4.84. The van der Waals surface area contributed by atoms with Gasteiger partial charge in [-0.05, 0) is 0 Å². The van der Waals surface area contributed by atoms with E-state index in [9.17, 15) is 9.59 Å². The molecule has 0 aliphatic carbocycles. The van der Waals surface area contributed by atoms with Crippen molar-refractivity contribution >= 4 is 35.5 Å². The van der Waals surface area contributed by atoms with E-state index in [-0.39, 0.29) is 25.3 Å². The molecule has 0 N–H and O–H groups in total. The van der Waals surface area contributed by atoms with Gasteiger partial charge < -0.3 is 23.7 Å². The number of halogens is 2. The van der Waals surface area contributed by atoms with Crippen LogP contribution < -0.4 is 0 Å². The molecule has 98 valence electrons. The molecule has 1 aliphatic rings. The van der Waals surface area contributed by atoms with Gasteiger partial charge in [-0.25, -0.2) is 9.59 Å². The topological polar surface area (TPSA) is 80.3 Å². The van der Waals surface area contributed by atoms with E-state index >= 15 is 0 Å².